The molecule has 0 saturated heterocycles. The Morgan fingerprint density at radius 1 is 1.03 bits per heavy atom. The average molecular weight is 421 g/mol. The third-order valence-electron chi connectivity index (χ3n) is 6.26. The predicted octanol–water partition coefficient (Wildman–Crippen LogP) is 5.64. The summed E-state index contributed by atoms with van der Waals surface area (Å²) in [5.41, 5.74) is 2.03. The molecule has 154 valence electrons. The molecule has 4 rings (SSSR count). The zero-order valence-corrected chi connectivity index (χ0v) is 16.9. The van der Waals surface area contributed by atoms with Crippen molar-refractivity contribution in [2.24, 2.45) is 5.41 Å². The summed E-state index contributed by atoms with van der Waals surface area (Å²) >= 11 is 0. The van der Waals surface area contributed by atoms with Gasteiger partial charge in [-0.1, -0.05) is 31.1 Å². The minimum atomic E-state index is -4.34. The Bertz CT molecular complexity index is 1030. The molecule has 1 aromatic heterocycles. The maximum absolute atomic E-state index is 12.9. The maximum atomic E-state index is 12.9. The lowest BCUT2D eigenvalue weighted by molar-refractivity contribution is -0.137. The van der Waals surface area contributed by atoms with Crippen LogP contribution in [-0.2, 0) is 16.0 Å². The van der Waals surface area contributed by atoms with E-state index in [1.807, 2.05) is 0 Å². The number of halogens is 3. The van der Waals surface area contributed by atoms with Crippen LogP contribution in [0.1, 0.15) is 54.8 Å². The largest absolute Gasteiger partial charge is 0.416 e. The summed E-state index contributed by atoms with van der Waals surface area (Å²) in [5, 5.41) is 0. The molecular formula is C22H22F3NO2S. The van der Waals surface area contributed by atoms with Crippen LogP contribution in [0.25, 0.3) is 5.57 Å². The smallest absolute Gasteiger partial charge is 0.259 e. The molecule has 0 radical (unpaired) electrons. The number of hydrogen-bond donors (Lipinski definition) is 0. The van der Waals surface area contributed by atoms with Gasteiger partial charge in [-0.05, 0) is 60.1 Å². The van der Waals surface area contributed by atoms with Gasteiger partial charge in [-0.3, -0.25) is 4.98 Å². The van der Waals surface area contributed by atoms with E-state index in [1.165, 1.54) is 6.20 Å². The molecule has 7 heteroatoms. The molecule has 1 saturated carbocycles. The zero-order valence-electron chi connectivity index (χ0n) is 16.0. The highest BCUT2D eigenvalue weighted by Crippen LogP contribution is 2.59. The number of rotatable bonds is 3. The monoisotopic (exact) mass is 421 g/mol. The van der Waals surface area contributed by atoms with Gasteiger partial charge in [0.15, 0.2) is 9.84 Å². The second-order valence-electron chi connectivity index (χ2n) is 8.18. The van der Waals surface area contributed by atoms with Gasteiger partial charge in [-0.25, -0.2) is 8.42 Å². The van der Waals surface area contributed by atoms with Crippen LogP contribution >= 0.6 is 0 Å². The Kier molecular flexibility index (Phi) is 4.84. The molecule has 0 bridgehead atoms. The number of hydrogen-bond acceptors (Lipinski definition) is 3. The van der Waals surface area contributed by atoms with E-state index in [0.29, 0.717) is 0 Å². The van der Waals surface area contributed by atoms with Crippen LogP contribution in [0, 0.1) is 5.41 Å². The second kappa shape index (κ2) is 6.97. The van der Waals surface area contributed by atoms with Crippen LogP contribution in [0.3, 0.4) is 0 Å². The van der Waals surface area contributed by atoms with Crippen molar-refractivity contribution in [3.63, 3.8) is 0 Å². The molecule has 0 amide bonds. The molecule has 2 aliphatic rings. The number of pyridine rings is 1. The number of sulfone groups is 1. The van der Waals surface area contributed by atoms with E-state index >= 15 is 0 Å². The van der Waals surface area contributed by atoms with Gasteiger partial charge in [-0.2, -0.15) is 13.2 Å². The fourth-order valence-corrected chi connectivity index (χ4v) is 5.32. The number of aromatic nitrogens is 1. The van der Waals surface area contributed by atoms with Crippen molar-refractivity contribution in [2.45, 2.75) is 49.1 Å². The quantitative estimate of drug-likeness (QED) is 0.645. The van der Waals surface area contributed by atoms with Gasteiger partial charge in [0.25, 0.3) is 0 Å². The lowest BCUT2D eigenvalue weighted by atomic mass is 9.73. The fourth-order valence-electron chi connectivity index (χ4n) is 4.76. The van der Waals surface area contributed by atoms with Gasteiger partial charge in [-0.15, -0.1) is 0 Å². The molecule has 1 fully saturated rings. The molecule has 1 atom stereocenters. The average Bonchev–Trinajstić information content (AvgIpc) is 3.28. The van der Waals surface area contributed by atoms with E-state index < -0.39 is 21.6 Å². The van der Waals surface area contributed by atoms with Gasteiger partial charge in [0, 0.05) is 24.1 Å². The summed E-state index contributed by atoms with van der Waals surface area (Å²) in [6.07, 6.45) is 5.44. The maximum Gasteiger partial charge on any atom is 0.416 e. The topological polar surface area (TPSA) is 47.0 Å². The summed E-state index contributed by atoms with van der Waals surface area (Å²) in [7, 11) is -3.31. The highest BCUT2D eigenvalue weighted by molar-refractivity contribution is 7.90. The van der Waals surface area contributed by atoms with E-state index in [2.05, 4.69) is 11.1 Å². The van der Waals surface area contributed by atoms with Crippen molar-refractivity contribution in [1.82, 2.24) is 4.98 Å². The van der Waals surface area contributed by atoms with E-state index in [9.17, 15) is 21.6 Å². The van der Waals surface area contributed by atoms with Crippen LogP contribution in [0.2, 0.25) is 0 Å². The van der Waals surface area contributed by atoms with Gasteiger partial charge in [0.1, 0.15) is 0 Å². The van der Waals surface area contributed by atoms with Gasteiger partial charge in [0.05, 0.1) is 10.5 Å². The van der Waals surface area contributed by atoms with E-state index in [1.54, 1.807) is 24.3 Å². The van der Waals surface area contributed by atoms with Crippen LogP contribution in [0.5, 0.6) is 0 Å². The molecule has 1 heterocycles. The van der Waals surface area contributed by atoms with Gasteiger partial charge < -0.3 is 0 Å². The summed E-state index contributed by atoms with van der Waals surface area (Å²) in [6, 6.07) is 8.70. The first-order valence-corrected chi connectivity index (χ1v) is 11.5. The molecule has 3 nitrogen and oxygen atoms in total. The number of allylic oxidation sites excluding steroid dienone is 2. The van der Waals surface area contributed by atoms with E-state index in [-0.39, 0.29) is 16.2 Å². The zero-order chi connectivity index (χ0) is 20.9. The molecule has 1 spiro atoms. The van der Waals surface area contributed by atoms with Crippen molar-refractivity contribution in [1.29, 1.82) is 0 Å². The Hall–Kier alpha value is -2.15. The summed E-state index contributed by atoms with van der Waals surface area (Å²) in [5.74, 6) is 0.0379. The Morgan fingerprint density at radius 3 is 2.21 bits per heavy atom. The molecular weight excluding hydrogens is 399 g/mol. The van der Waals surface area contributed by atoms with Crippen LogP contribution in [0.15, 0.2) is 53.6 Å². The predicted molar refractivity (Wildman–Crippen MR) is 105 cm³/mol. The normalized spacial score (nSPS) is 21.5. The molecule has 2 aliphatic carbocycles. The standard InChI is InChI=1S/C22H22F3NO2S/c1-29(27,28)18-8-9-20(26-14-18)19-12-16(13-21(19)10-2-3-11-21)15-4-6-17(7-5-15)22(23,24)25/h4-9,12,14,19H,2-3,10-11,13H2,1H3. The summed E-state index contributed by atoms with van der Waals surface area (Å²) in [4.78, 5) is 4.63. The first-order valence-electron chi connectivity index (χ1n) is 9.63. The minimum Gasteiger partial charge on any atom is -0.259 e. The molecule has 0 aliphatic heterocycles. The highest BCUT2D eigenvalue weighted by Gasteiger charge is 2.46. The van der Waals surface area contributed by atoms with Crippen molar-refractivity contribution in [2.75, 3.05) is 6.26 Å². The number of alkyl halides is 3. The number of nitrogens with zero attached hydrogens (tertiary/aromatic N) is 1. The summed E-state index contributed by atoms with van der Waals surface area (Å²) < 4.78 is 62.1. The third kappa shape index (κ3) is 3.84. The van der Waals surface area contributed by atoms with Gasteiger partial charge in [0.2, 0.25) is 0 Å². The SMILES string of the molecule is CS(=O)(=O)c1ccc(C2C=C(c3ccc(C(F)(F)F)cc3)CC23CCCC3)nc1. The molecule has 0 N–H and O–H groups in total. The molecule has 1 unspecified atom stereocenters. The molecule has 29 heavy (non-hydrogen) atoms. The van der Waals surface area contributed by atoms with Crippen LogP contribution < -0.4 is 0 Å². The minimum absolute atomic E-state index is 0.0115. The number of benzene rings is 1. The second-order valence-corrected chi connectivity index (χ2v) is 10.2. The third-order valence-corrected chi connectivity index (χ3v) is 7.36. The Labute approximate surface area is 168 Å². The lowest BCUT2D eigenvalue weighted by Crippen LogP contribution is -2.21. The first-order chi connectivity index (χ1) is 13.6. The van der Waals surface area contributed by atoms with Crippen molar-refractivity contribution in [3.8, 4) is 0 Å². The van der Waals surface area contributed by atoms with Crippen LogP contribution in [-0.4, -0.2) is 19.7 Å². The lowest BCUT2D eigenvalue weighted by Gasteiger charge is -2.31. The Balaban J connectivity index is 1.69. The molecule has 2 aromatic rings. The highest BCUT2D eigenvalue weighted by atomic mass is 32.2. The van der Waals surface area contributed by atoms with Gasteiger partial charge >= 0.3 is 6.18 Å². The Morgan fingerprint density at radius 2 is 1.69 bits per heavy atom. The van der Waals surface area contributed by atoms with Crippen molar-refractivity contribution < 1.29 is 21.6 Å². The fraction of sp³-hybridized carbons (Fsp3) is 0.409. The van der Waals surface area contributed by atoms with E-state index in [4.69, 9.17) is 0 Å². The van der Waals surface area contributed by atoms with Crippen molar-refractivity contribution >= 4 is 15.4 Å². The first kappa shape index (κ1) is 20.1. The van der Waals surface area contributed by atoms with Crippen molar-refractivity contribution in [3.05, 3.63) is 65.5 Å². The molecule has 1 aromatic carbocycles. The van der Waals surface area contributed by atoms with E-state index in [0.717, 1.165) is 67.3 Å². The summed E-state index contributed by atoms with van der Waals surface area (Å²) in [6.45, 7) is 0. The van der Waals surface area contributed by atoms with Crippen LogP contribution in [0.4, 0.5) is 13.2 Å².